The molecular formula is C8H10N4O2. The lowest BCUT2D eigenvalue weighted by atomic mass is 10.3. The Balaban J connectivity index is 2.45. The van der Waals surface area contributed by atoms with E-state index in [-0.39, 0.29) is 5.82 Å². The molecule has 74 valence electrons. The van der Waals surface area contributed by atoms with Gasteiger partial charge >= 0.3 is 0 Å². The maximum atomic E-state index is 10.0. The van der Waals surface area contributed by atoms with Crippen LogP contribution in [0.4, 0.5) is 0 Å². The van der Waals surface area contributed by atoms with E-state index in [2.05, 4.69) is 10.3 Å². The second kappa shape index (κ2) is 4.80. The average Bonchev–Trinajstić information content (AvgIpc) is 2.15. The molecule has 14 heavy (non-hydrogen) atoms. The SMILES string of the molecule is N/C(=C\[N+](=O)[O-])NCc1cccnc1. The molecule has 0 bridgehead atoms. The number of nitrogens with zero attached hydrogens (tertiary/aromatic N) is 2. The number of nitrogens with two attached hydrogens (primary N) is 1. The summed E-state index contributed by atoms with van der Waals surface area (Å²) in [6.07, 6.45) is 4.03. The van der Waals surface area contributed by atoms with Gasteiger partial charge in [-0.3, -0.25) is 15.1 Å². The van der Waals surface area contributed by atoms with E-state index in [0.29, 0.717) is 6.54 Å². The van der Waals surface area contributed by atoms with Crippen LogP contribution >= 0.6 is 0 Å². The number of nitro groups is 1. The molecule has 0 aromatic carbocycles. The molecule has 0 fully saturated rings. The highest BCUT2D eigenvalue weighted by molar-refractivity contribution is 5.09. The number of nitrogens with one attached hydrogen (secondary N) is 1. The fourth-order valence-electron chi connectivity index (χ4n) is 0.866. The Morgan fingerprint density at radius 3 is 3.14 bits per heavy atom. The second-order valence-electron chi connectivity index (χ2n) is 2.58. The molecule has 0 unspecified atom stereocenters. The summed E-state index contributed by atoms with van der Waals surface area (Å²) in [5, 5.41) is 12.7. The molecule has 3 N–H and O–H groups in total. The van der Waals surface area contributed by atoms with Crippen LogP contribution in [-0.4, -0.2) is 9.91 Å². The summed E-state index contributed by atoms with van der Waals surface area (Å²) in [5.41, 5.74) is 6.22. The van der Waals surface area contributed by atoms with Crippen molar-refractivity contribution in [3.63, 3.8) is 0 Å². The molecule has 1 aromatic heterocycles. The molecule has 0 radical (unpaired) electrons. The maximum absolute atomic E-state index is 10.0. The van der Waals surface area contributed by atoms with E-state index in [4.69, 9.17) is 5.73 Å². The largest absolute Gasteiger partial charge is 0.380 e. The van der Waals surface area contributed by atoms with Gasteiger partial charge in [-0.2, -0.15) is 0 Å². The third-order valence-corrected chi connectivity index (χ3v) is 1.46. The van der Waals surface area contributed by atoms with E-state index in [0.717, 1.165) is 11.8 Å². The van der Waals surface area contributed by atoms with Crippen LogP contribution in [0.3, 0.4) is 0 Å². The molecule has 0 atom stereocenters. The third-order valence-electron chi connectivity index (χ3n) is 1.46. The van der Waals surface area contributed by atoms with Crippen molar-refractivity contribution < 1.29 is 4.92 Å². The van der Waals surface area contributed by atoms with Crippen molar-refractivity contribution in [3.05, 3.63) is 52.2 Å². The van der Waals surface area contributed by atoms with Crippen molar-refractivity contribution in [1.82, 2.24) is 10.3 Å². The number of rotatable bonds is 4. The zero-order valence-corrected chi connectivity index (χ0v) is 7.38. The van der Waals surface area contributed by atoms with Gasteiger partial charge in [-0.15, -0.1) is 0 Å². The Hall–Kier alpha value is -2.11. The van der Waals surface area contributed by atoms with Gasteiger partial charge in [0, 0.05) is 18.9 Å². The van der Waals surface area contributed by atoms with Crippen LogP contribution in [0.15, 0.2) is 36.5 Å². The lowest BCUT2D eigenvalue weighted by molar-refractivity contribution is -0.403. The van der Waals surface area contributed by atoms with Crippen molar-refractivity contribution >= 4 is 0 Å². The zero-order valence-electron chi connectivity index (χ0n) is 7.38. The first-order chi connectivity index (χ1) is 6.68. The summed E-state index contributed by atoms with van der Waals surface area (Å²) in [5.74, 6) is 0.0267. The molecule has 0 aliphatic carbocycles. The van der Waals surface area contributed by atoms with E-state index in [1.54, 1.807) is 18.5 Å². The third kappa shape index (κ3) is 3.53. The van der Waals surface area contributed by atoms with Crippen molar-refractivity contribution in [2.45, 2.75) is 6.54 Å². The molecule has 6 heteroatoms. The predicted octanol–water partition coefficient (Wildman–Crippen LogP) is 0.205. The topological polar surface area (TPSA) is 94.1 Å². The Morgan fingerprint density at radius 1 is 1.79 bits per heavy atom. The fraction of sp³-hybridized carbons (Fsp3) is 0.125. The van der Waals surface area contributed by atoms with E-state index >= 15 is 0 Å². The molecule has 0 saturated carbocycles. The molecule has 0 aliphatic rings. The van der Waals surface area contributed by atoms with Crippen molar-refractivity contribution in [3.8, 4) is 0 Å². The van der Waals surface area contributed by atoms with Crippen LogP contribution in [0, 0.1) is 10.1 Å². The standard InChI is InChI=1S/C8H10N4O2/c9-8(6-12(13)14)11-5-7-2-1-3-10-4-7/h1-4,6,11H,5,9H2/b8-6+. The van der Waals surface area contributed by atoms with Gasteiger partial charge in [0.05, 0.1) is 4.92 Å². The van der Waals surface area contributed by atoms with Gasteiger partial charge in [-0.1, -0.05) is 6.07 Å². The van der Waals surface area contributed by atoms with Gasteiger partial charge in [-0.25, -0.2) is 0 Å². The molecular weight excluding hydrogens is 184 g/mol. The minimum Gasteiger partial charge on any atom is -0.380 e. The lowest BCUT2D eigenvalue weighted by Gasteiger charge is -2.02. The van der Waals surface area contributed by atoms with E-state index in [9.17, 15) is 10.1 Å². The van der Waals surface area contributed by atoms with Gasteiger partial charge in [-0.05, 0) is 11.6 Å². The zero-order chi connectivity index (χ0) is 10.4. The second-order valence-corrected chi connectivity index (χ2v) is 2.58. The minimum atomic E-state index is -0.606. The van der Waals surface area contributed by atoms with Crippen LogP contribution < -0.4 is 11.1 Å². The van der Waals surface area contributed by atoms with Gasteiger partial charge in [0.1, 0.15) is 0 Å². The quantitative estimate of drug-likeness (QED) is 0.527. The maximum Gasteiger partial charge on any atom is 0.273 e. The van der Waals surface area contributed by atoms with Gasteiger partial charge in [0.2, 0.25) is 0 Å². The Labute approximate surface area is 80.6 Å². The highest BCUT2D eigenvalue weighted by Gasteiger charge is 1.96. The number of aromatic nitrogens is 1. The number of hydrogen-bond donors (Lipinski definition) is 2. The molecule has 1 heterocycles. The van der Waals surface area contributed by atoms with E-state index < -0.39 is 4.92 Å². The lowest BCUT2D eigenvalue weighted by Crippen LogP contribution is -2.20. The predicted molar refractivity (Wildman–Crippen MR) is 50.3 cm³/mol. The average molecular weight is 194 g/mol. The van der Waals surface area contributed by atoms with Gasteiger partial charge in [0.25, 0.3) is 6.20 Å². The molecule has 0 saturated heterocycles. The molecule has 0 amide bonds. The molecule has 0 spiro atoms. The summed E-state index contributed by atoms with van der Waals surface area (Å²) in [6.45, 7) is 0.421. The fourth-order valence-corrected chi connectivity index (χ4v) is 0.866. The number of pyridine rings is 1. The smallest absolute Gasteiger partial charge is 0.273 e. The van der Waals surface area contributed by atoms with Gasteiger partial charge in [0.15, 0.2) is 5.82 Å². The summed E-state index contributed by atoms with van der Waals surface area (Å²) in [6, 6.07) is 3.63. The van der Waals surface area contributed by atoms with Crippen LogP contribution in [0.5, 0.6) is 0 Å². The van der Waals surface area contributed by atoms with E-state index in [1.165, 1.54) is 0 Å². The first-order valence-corrected chi connectivity index (χ1v) is 3.92. The monoisotopic (exact) mass is 194 g/mol. The Kier molecular flexibility index (Phi) is 3.42. The Bertz CT molecular complexity index is 336. The van der Waals surface area contributed by atoms with Crippen molar-refractivity contribution in [2.75, 3.05) is 0 Å². The number of hydrogen-bond acceptors (Lipinski definition) is 5. The first-order valence-electron chi connectivity index (χ1n) is 3.92. The van der Waals surface area contributed by atoms with Crippen molar-refractivity contribution in [2.24, 2.45) is 5.73 Å². The summed E-state index contributed by atoms with van der Waals surface area (Å²) >= 11 is 0. The molecule has 1 aromatic rings. The highest BCUT2D eigenvalue weighted by atomic mass is 16.6. The van der Waals surface area contributed by atoms with Crippen LogP contribution in [-0.2, 0) is 6.54 Å². The van der Waals surface area contributed by atoms with Crippen LogP contribution in [0.1, 0.15) is 5.56 Å². The van der Waals surface area contributed by atoms with Crippen LogP contribution in [0.25, 0.3) is 0 Å². The minimum absolute atomic E-state index is 0.0267. The summed E-state index contributed by atoms with van der Waals surface area (Å²) in [4.78, 5) is 13.3. The highest BCUT2D eigenvalue weighted by Crippen LogP contribution is 1.94. The van der Waals surface area contributed by atoms with Gasteiger partial charge < -0.3 is 11.1 Å². The van der Waals surface area contributed by atoms with Crippen molar-refractivity contribution in [1.29, 1.82) is 0 Å². The van der Waals surface area contributed by atoms with Crippen LogP contribution in [0.2, 0.25) is 0 Å². The summed E-state index contributed by atoms with van der Waals surface area (Å²) < 4.78 is 0. The van der Waals surface area contributed by atoms with E-state index in [1.807, 2.05) is 6.07 Å². The molecule has 0 aliphatic heterocycles. The summed E-state index contributed by atoms with van der Waals surface area (Å²) in [7, 11) is 0. The molecule has 6 nitrogen and oxygen atoms in total. The Morgan fingerprint density at radius 2 is 2.57 bits per heavy atom. The normalized spacial score (nSPS) is 11.0. The first kappa shape index (κ1) is 9.97. The molecule has 1 rings (SSSR count).